The summed E-state index contributed by atoms with van der Waals surface area (Å²) in [6, 6.07) is 7.75. The van der Waals surface area contributed by atoms with Crippen molar-refractivity contribution in [1.82, 2.24) is 0 Å². The second-order valence-corrected chi connectivity index (χ2v) is 3.85. The number of carbonyl (C=O) groups excluding carboxylic acids is 1. The molecule has 0 aliphatic carbocycles. The van der Waals surface area contributed by atoms with Gasteiger partial charge in [0.15, 0.2) is 0 Å². The standard InChI is InChI=1S/C9H10BrNOS/c1-13-8-4-2-7(3-5-8)11-9(12)6-10/h2-5H,6H2,1H3,(H,11,12). The minimum atomic E-state index is -0.0306. The minimum absolute atomic E-state index is 0.0306. The number of benzene rings is 1. The van der Waals surface area contributed by atoms with Crippen molar-refractivity contribution in [2.24, 2.45) is 0 Å². The summed E-state index contributed by atoms with van der Waals surface area (Å²) in [7, 11) is 0. The van der Waals surface area contributed by atoms with E-state index in [0.29, 0.717) is 5.33 Å². The van der Waals surface area contributed by atoms with Crippen molar-refractivity contribution < 1.29 is 4.79 Å². The van der Waals surface area contributed by atoms with Crippen LogP contribution in [0.4, 0.5) is 5.69 Å². The highest BCUT2D eigenvalue weighted by atomic mass is 79.9. The van der Waals surface area contributed by atoms with Gasteiger partial charge in [0.1, 0.15) is 0 Å². The van der Waals surface area contributed by atoms with Gasteiger partial charge >= 0.3 is 0 Å². The Morgan fingerprint density at radius 2 is 2.08 bits per heavy atom. The summed E-state index contributed by atoms with van der Waals surface area (Å²) in [4.78, 5) is 12.2. The molecular formula is C9H10BrNOS. The molecule has 0 radical (unpaired) electrons. The largest absolute Gasteiger partial charge is 0.325 e. The third-order valence-electron chi connectivity index (χ3n) is 1.50. The Morgan fingerprint density at radius 1 is 1.46 bits per heavy atom. The molecule has 0 fully saturated rings. The van der Waals surface area contributed by atoms with Crippen molar-refractivity contribution in [3.05, 3.63) is 24.3 Å². The zero-order valence-corrected chi connectivity index (χ0v) is 9.61. The van der Waals surface area contributed by atoms with Gasteiger partial charge in [-0.3, -0.25) is 4.79 Å². The molecule has 2 nitrogen and oxygen atoms in total. The highest BCUT2D eigenvalue weighted by molar-refractivity contribution is 9.09. The molecular weight excluding hydrogens is 250 g/mol. The van der Waals surface area contributed by atoms with Crippen LogP contribution in [0.2, 0.25) is 0 Å². The van der Waals surface area contributed by atoms with Crippen LogP contribution in [0.1, 0.15) is 0 Å². The third kappa shape index (κ3) is 3.40. The predicted molar refractivity (Wildman–Crippen MR) is 60.6 cm³/mol. The Labute approximate surface area is 90.2 Å². The molecule has 0 unspecified atom stereocenters. The average molecular weight is 260 g/mol. The highest BCUT2D eigenvalue weighted by Crippen LogP contribution is 2.17. The van der Waals surface area contributed by atoms with Gasteiger partial charge in [0.05, 0.1) is 5.33 Å². The molecule has 1 rings (SSSR count). The van der Waals surface area contributed by atoms with Crippen LogP contribution in [0, 0.1) is 0 Å². The molecule has 0 saturated carbocycles. The van der Waals surface area contributed by atoms with Crippen molar-refractivity contribution in [2.75, 3.05) is 16.9 Å². The molecule has 1 amide bonds. The molecule has 1 aromatic rings. The number of hydrogen-bond donors (Lipinski definition) is 1. The number of rotatable bonds is 3. The van der Waals surface area contributed by atoms with Crippen molar-refractivity contribution in [2.45, 2.75) is 4.90 Å². The van der Waals surface area contributed by atoms with Crippen LogP contribution in [0.5, 0.6) is 0 Å². The number of halogens is 1. The molecule has 0 saturated heterocycles. The number of thioether (sulfide) groups is 1. The van der Waals surface area contributed by atoms with Gasteiger partial charge in [-0.25, -0.2) is 0 Å². The molecule has 0 spiro atoms. The summed E-state index contributed by atoms with van der Waals surface area (Å²) < 4.78 is 0. The van der Waals surface area contributed by atoms with Crippen molar-refractivity contribution in [1.29, 1.82) is 0 Å². The maximum Gasteiger partial charge on any atom is 0.235 e. The molecule has 0 aliphatic rings. The topological polar surface area (TPSA) is 29.1 Å². The van der Waals surface area contributed by atoms with Crippen LogP contribution in [-0.2, 0) is 4.79 Å². The number of amides is 1. The quantitative estimate of drug-likeness (QED) is 0.668. The monoisotopic (exact) mass is 259 g/mol. The first-order chi connectivity index (χ1) is 6.26. The Hall–Kier alpha value is -0.480. The summed E-state index contributed by atoms with van der Waals surface area (Å²) in [6.45, 7) is 0. The van der Waals surface area contributed by atoms with Crippen molar-refractivity contribution in [3.8, 4) is 0 Å². The normalized spacial score (nSPS) is 9.69. The molecule has 13 heavy (non-hydrogen) atoms. The van der Waals surface area contributed by atoms with E-state index < -0.39 is 0 Å². The van der Waals surface area contributed by atoms with E-state index in [0.717, 1.165) is 5.69 Å². The van der Waals surface area contributed by atoms with E-state index >= 15 is 0 Å². The van der Waals surface area contributed by atoms with Crippen LogP contribution >= 0.6 is 27.7 Å². The number of nitrogens with one attached hydrogen (secondary N) is 1. The lowest BCUT2D eigenvalue weighted by Crippen LogP contribution is -2.11. The zero-order valence-electron chi connectivity index (χ0n) is 7.21. The van der Waals surface area contributed by atoms with Gasteiger partial charge < -0.3 is 5.32 Å². The van der Waals surface area contributed by atoms with Gasteiger partial charge in [0, 0.05) is 10.6 Å². The Morgan fingerprint density at radius 3 is 2.54 bits per heavy atom. The fourth-order valence-corrected chi connectivity index (χ4v) is 1.42. The number of anilines is 1. The lowest BCUT2D eigenvalue weighted by atomic mass is 10.3. The van der Waals surface area contributed by atoms with Gasteiger partial charge in [0.25, 0.3) is 0 Å². The Bertz CT molecular complexity index is 286. The first-order valence-electron chi connectivity index (χ1n) is 3.76. The van der Waals surface area contributed by atoms with Crippen LogP contribution in [-0.4, -0.2) is 17.5 Å². The zero-order chi connectivity index (χ0) is 9.68. The SMILES string of the molecule is CSc1ccc(NC(=O)CBr)cc1. The van der Waals surface area contributed by atoms with E-state index in [-0.39, 0.29) is 5.91 Å². The first-order valence-corrected chi connectivity index (χ1v) is 6.10. The van der Waals surface area contributed by atoms with E-state index in [1.165, 1.54) is 4.90 Å². The smallest absolute Gasteiger partial charge is 0.235 e. The maximum atomic E-state index is 11.0. The Balaban J connectivity index is 2.64. The van der Waals surface area contributed by atoms with Crippen LogP contribution < -0.4 is 5.32 Å². The van der Waals surface area contributed by atoms with Crippen molar-refractivity contribution >= 4 is 39.3 Å². The fourth-order valence-electron chi connectivity index (χ4n) is 0.869. The maximum absolute atomic E-state index is 11.0. The average Bonchev–Trinajstić information content (AvgIpc) is 2.19. The lowest BCUT2D eigenvalue weighted by Gasteiger charge is -2.03. The molecule has 4 heteroatoms. The molecule has 0 atom stereocenters. The van der Waals surface area contributed by atoms with E-state index in [9.17, 15) is 4.79 Å². The molecule has 1 aromatic carbocycles. The number of hydrogen-bond acceptors (Lipinski definition) is 2. The summed E-state index contributed by atoms with van der Waals surface area (Å²) in [6.07, 6.45) is 2.02. The summed E-state index contributed by atoms with van der Waals surface area (Å²) in [5, 5.41) is 3.08. The second kappa shape index (κ2) is 5.29. The predicted octanol–water partition coefficient (Wildman–Crippen LogP) is 2.74. The van der Waals surface area contributed by atoms with E-state index in [1.54, 1.807) is 11.8 Å². The van der Waals surface area contributed by atoms with Gasteiger partial charge in [-0.05, 0) is 30.5 Å². The molecule has 1 N–H and O–H groups in total. The minimum Gasteiger partial charge on any atom is -0.325 e. The van der Waals surface area contributed by atoms with Gasteiger partial charge in [-0.1, -0.05) is 15.9 Å². The second-order valence-electron chi connectivity index (χ2n) is 2.41. The molecule has 70 valence electrons. The molecule has 0 aliphatic heterocycles. The summed E-state index contributed by atoms with van der Waals surface area (Å²) in [5.41, 5.74) is 0.835. The highest BCUT2D eigenvalue weighted by Gasteiger charge is 1.98. The number of alkyl halides is 1. The lowest BCUT2D eigenvalue weighted by molar-refractivity contribution is -0.113. The fraction of sp³-hybridized carbons (Fsp3) is 0.222. The van der Waals surface area contributed by atoms with Gasteiger partial charge in [0.2, 0.25) is 5.91 Å². The van der Waals surface area contributed by atoms with Crippen LogP contribution in [0.25, 0.3) is 0 Å². The van der Waals surface area contributed by atoms with Crippen molar-refractivity contribution in [3.63, 3.8) is 0 Å². The van der Waals surface area contributed by atoms with Crippen LogP contribution in [0.15, 0.2) is 29.2 Å². The number of carbonyl (C=O) groups is 1. The van der Waals surface area contributed by atoms with E-state index in [1.807, 2.05) is 30.5 Å². The van der Waals surface area contributed by atoms with Crippen LogP contribution in [0.3, 0.4) is 0 Å². The molecule has 0 heterocycles. The van der Waals surface area contributed by atoms with Gasteiger partial charge in [-0.15, -0.1) is 11.8 Å². The molecule has 0 aromatic heterocycles. The summed E-state index contributed by atoms with van der Waals surface area (Å²) in [5.74, 6) is -0.0306. The summed E-state index contributed by atoms with van der Waals surface area (Å²) >= 11 is 4.76. The van der Waals surface area contributed by atoms with E-state index in [2.05, 4.69) is 21.2 Å². The molecule has 0 bridgehead atoms. The third-order valence-corrected chi connectivity index (χ3v) is 2.75. The first kappa shape index (κ1) is 10.6. The Kier molecular flexibility index (Phi) is 4.32. The van der Waals surface area contributed by atoms with E-state index in [4.69, 9.17) is 0 Å². The van der Waals surface area contributed by atoms with Gasteiger partial charge in [-0.2, -0.15) is 0 Å².